The molecule has 1 atom stereocenters. The number of furan rings is 1. The average molecular weight is 377 g/mol. The van der Waals surface area contributed by atoms with Gasteiger partial charge in [-0.05, 0) is 56.2 Å². The lowest BCUT2D eigenvalue weighted by atomic mass is 10.1. The number of hydrogen-bond acceptors (Lipinski definition) is 6. The van der Waals surface area contributed by atoms with Crippen molar-refractivity contribution in [2.45, 2.75) is 33.4 Å². The molecule has 1 heterocycles. The van der Waals surface area contributed by atoms with Crippen LogP contribution in [-0.2, 0) is 16.1 Å². The van der Waals surface area contributed by atoms with Gasteiger partial charge >= 0.3 is 5.97 Å². The fourth-order valence-electron chi connectivity index (χ4n) is 2.40. The van der Waals surface area contributed by atoms with E-state index in [-0.39, 0.29) is 24.7 Å². The van der Waals surface area contributed by atoms with Crippen molar-refractivity contribution in [1.29, 1.82) is 0 Å². The molecule has 0 fully saturated rings. The molecule has 0 bridgehead atoms. The summed E-state index contributed by atoms with van der Waals surface area (Å²) in [5, 5.41) is 2.55. The number of thiol groups is 1. The van der Waals surface area contributed by atoms with Crippen molar-refractivity contribution in [2.24, 2.45) is 0 Å². The van der Waals surface area contributed by atoms with E-state index < -0.39 is 17.9 Å². The van der Waals surface area contributed by atoms with E-state index in [1.807, 2.05) is 26.0 Å². The van der Waals surface area contributed by atoms with Gasteiger partial charge in [0.2, 0.25) is 0 Å². The SMILES string of the molecule is CCOC(=O)[C@H](CS)NC(=O)c1ccc(COc2cc(C)cc(C)c2)o1. The third-order valence-electron chi connectivity index (χ3n) is 3.52. The second-order valence-electron chi connectivity index (χ2n) is 5.84. The monoisotopic (exact) mass is 377 g/mol. The molecule has 0 radical (unpaired) electrons. The molecule has 0 saturated heterocycles. The molecule has 2 aromatic rings. The Labute approximate surface area is 158 Å². The molecule has 0 saturated carbocycles. The minimum Gasteiger partial charge on any atom is -0.486 e. The van der Waals surface area contributed by atoms with E-state index in [1.165, 1.54) is 6.07 Å². The minimum absolute atomic E-state index is 0.0973. The van der Waals surface area contributed by atoms with Crippen LogP contribution in [0.25, 0.3) is 0 Å². The summed E-state index contributed by atoms with van der Waals surface area (Å²) in [6.45, 7) is 6.13. The molecule has 7 heteroatoms. The minimum atomic E-state index is -0.828. The van der Waals surface area contributed by atoms with E-state index in [0.29, 0.717) is 5.76 Å². The van der Waals surface area contributed by atoms with Crippen molar-refractivity contribution in [3.05, 3.63) is 53.0 Å². The van der Waals surface area contributed by atoms with Crippen molar-refractivity contribution < 1.29 is 23.5 Å². The maximum atomic E-state index is 12.2. The summed E-state index contributed by atoms with van der Waals surface area (Å²) in [4.78, 5) is 23.9. The van der Waals surface area contributed by atoms with E-state index in [4.69, 9.17) is 13.9 Å². The highest BCUT2D eigenvalue weighted by Crippen LogP contribution is 2.18. The number of carbonyl (C=O) groups excluding carboxylic acids is 2. The summed E-state index contributed by atoms with van der Waals surface area (Å²) in [6.07, 6.45) is 0. The Balaban J connectivity index is 1.95. The number of amides is 1. The molecule has 0 unspecified atom stereocenters. The second kappa shape index (κ2) is 9.33. The molecule has 0 spiro atoms. The molecule has 1 N–H and O–H groups in total. The predicted molar refractivity (Wildman–Crippen MR) is 101 cm³/mol. The highest BCUT2D eigenvalue weighted by Gasteiger charge is 2.22. The Morgan fingerprint density at radius 3 is 2.50 bits per heavy atom. The first-order chi connectivity index (χ1) is 12.4. The largest absolute Gasteiger partial charge is 0.486 e. The van der Waals surface area contributed by atoms with Gasteiger partial charge in [-0.3, -0.25) is 4.79 Å². The van der Waals surface area contributed by atoms with Crippen LogP contribution in [0.15, 0.2) is 34.7 Å². The maximum absolute atomic E-state index is 12.2. The van der Waals surface area contributed by atoms with Crippen LogP contribution in [-0.4, -0.2) is 30.3 Å². The van der Waals surface area contributed by atoms with Crippen molar-refractivity contribution >= 4 is 24.5 Å². The van der Waals surface area contributed by atoms with Gasteiger partial charge < -0.3 is 19.2 Å². The van der Waals surface area contributed by atoms with Crippen LogP contribution < -0.4 is 10.1 Å². The molecular formula is C19H23NO5S. The third kappa shape index (κ3) is 5.56. The zero-order valence-corrected chi connectivity index (χ0v) is 16.0. The number of rotatable bonds is 8. The van der Waals surface area contributed by atoms with Gasteiger partial charge in [0.1, 0.15) is 24.2 Å². The van der Waals surface area contributed by atoms with Crippen molar-refractivity contribution in [3.63, 3.8) is 0 Å². The first-order valence-electron chi connectivity index (χ1n) is 8.31. The number of esters is 1. The summed E-state index contributed by atoms with van der Waals surface area (Å²) >= 11 is 4.06. The van der Waals surface area contributed by atoms with E-state index in [2.05, 4.69) is 24.0 Å². The van der Waals surface area contributed by atoms with Crippen molar-refractivity contribution in [2.75, 3.05) is 12.4 Å². The molecule has 1 aromatic heterocycles. The zero-order valence-electron chi connectivity index (χ0n) is 15.1. The fourth-order valence-corrected chi connectivity index (χ4v) is 2.64. The number of carbonyl (C=O) groups is 2. The number of hydrogen-bond donors (Lipinski definition) is 2. The molecule has 1 amide bonds. The molecule has 26 heavy (non-hydrogen) atoms. The van der Waals surface area contributed by atoms with Gasteiger partial charge in [0, 0.05) is 5.75 Å². The highest BCUT2D eigenvalue weighted by atomic mass is 32.1. The molecule has 6 nitrogen and oxygen atoms in total. The molecule has 0 aliphatic carbocycles. The Kier molecular flexibility index (Phi) is 7.15. The van der Waals surface area contributed by atoms with Crippen molar-refractivity contribution in [1.82, 2.24) is 5.32 Å². The third-order valence-corrected chi connectivity index (χ3v) is 3.89. The summed E-state index contributed by atoms with van der Waals surface area (Å²) in [7, 11) is 0. The number of benzene rings is 1. The molecule has 2 rings (SSSR count). The molecule has 0 aliphatic rings. The summed E-state index contributed by atoms with van der Waals surface area (Å²) in [5.74, 6) is 0.444. The van der Waals surface area contributed by atoms with Crippen LogP contribution >= 0.6 is 12.6 Å². The van der Waals surface area contributed by atoms with E-state index in [1.54, 1.807) is 13.0 Å². The Bertz CT molecular complexity index is 751. The molecule has 1 aromatic carbocycles. The van der Waals surface area contributed by atoms with Crippen LogP contribution in [0.1, 0.15) is 34.4 Å². The van der Waals surface area contributed by atoms with E-state index in [9.17, 15) is 9.59 Å². The Morgan fingerprint density at radius 2 is 1.88 bits per heavy atom. The summed E-state index contributed by atoms with van der Waals surface area (Å²) in [5.41, 5.74) is 2.22. The first kappa shape index (κ1) is 19.9. The first-order valence-corrected chi connectivity index (χ1v) is 8.94. The van der Waals surface area contributed by atoms with Gasteiger partial charge in [-0.2, -0.15) is 12.6 Å². The lowest BCUT2D eigenvalue weighted by Gasteiger charge is -2.14. The molecule has 0 aliphatic heterocycles. The maximum Gasteiger partial charge on any atom is 0.329 e. The van der Waals surface area contributed by atoms with Gasteiger partial charge in [-0.1, -0.05) is 6.07 Å². The lowest BCUT2D eigenvalue weighted by molar-refractivity contribution is -0.144. The van der Waals surface area contributed by atoms with Crippen LogP contribution in [0.4, 0.5) is 0 Å². The predicted octanol–water partition coefficient (Wildman–Crippen LogP) is 3.07. The number of aryl methyl sites for hydroxylation is 2. The van der Waals surface area contributed by atoms with Gasteiger partial charge in [0.25, 0.3) is 5.91 Å². The van der Waals surface area contributed by atoms with E-state index in [0.717, 1.165) is 16.9 Å². The Morgan fingerprint density at radius 1 is 1.19 bits per heavy atom. The van der Waals surface area contributed by atoms with Gasteiger partial charge in [0.15, 0.2) is 5.76 Å². The average Bonchev–Trinajstić information content (AvgIpc) is 3.06. The summed E-state index contributed by atoms with van der Waals surface area (Å²) in [6, 6.07) is 8.29. The lowest BCUT2D eigenvalue weighted by Crippen LogP contribution is -2.43. The van der Waals surface area contributed by atoms with Crippen LogP contribution in [0.3, 0.4) is 0 Å². The molecule has 140 valence electrons. The van der Waals surface area contributed by atoms with Crippen LogP contribution in [0.2, 0.25) is 0 Å². The smallest absolute Gasteiger partial charge is 0.329 e. The quantitative estimate of drug-likeness (QED) is 0.546. The topological polar surface area (TPSA) is 77.8 Å². The van der Waals surface area contributed by atoms with Crippen LogP contribution in [0, 0.1) is 13.8 Å². The second-order valence-corrected chi connectivity index (χ2v) is 6.20. The fraction of sp³-hybridized carbons (Fsp3) is 0.368. The van der Waals surface area contributed by atoms with Gasteiger partial charge in [-0.15, -0.1) is 0 Å². The Hall–Kier alpha value is -2.41. The highest BCUT2D eigenvalue weighted by molar-refractivity contribution is 7.80. The standard InChI is InChI=1S/C19H23NO5S/c1-4-23-19(22)16(11-26)20-18(21)17-6-5-14(25-17)10-24-15-8-12(2)7-13(3)9-15/h5-9,16,26H,4,10-11H2,1-3H3,(H,20,21)/t16-/m0/s1. The molecular weight excluding hydrogens is 354 g/mol. The number of ether oxygens (including phenoxy) is 2. The van der Waals surface area contributed by atoms with Gasteiger partial charge in [0.05, 0.1) is 6.61 Å². The number of nitrogens with one attached hydrogen (secondary N) is 1. The van der Waals surface area contributed by atoms with Crippen molar-refractivity contribution in [3.8, 4) is 5.75 Å². The van der Waals surface area contributed by atoms with E-state index >= 15 is 0 Å². The van der Waals surface area contributed by atoms with Gasteiger partial charge in [-0.25, -0.2) is 4.79 Å². The van der Waals surface area contributed by atoms with Crippen LogP contribution in [0.5, 0.6) is 5.75 Å². The normalized spacial score (nSPS) is 11.7. The summed E-state index contributed by atoms with van der Waals surface area (Å²) < 4.78 is 16.1. The zero-order chi connectivity index (χ0) is 19.1.